The molecule has 0 aliphatic rings. The fourth-order valence-electron chi connectivity index (χ4n) is 2.98. The Morgan fingerprint density at radius 3 is 2.64 bits per heavy atom. The molecule has 0 unspecified atom stereocenters. The molecular formula is C22H16ClN5O4S. The molecular weight excluding hydrogens is 466 g/mol. The van der Waals surface area contributed by atoms with Crippen LogP contribution < -0.4 is 10.6 Å². The quantitative estimate of drug-likeness (QED) is 0.191. The molecule has 0 aliphatic carbocycles. The van der Waals surface area contributed by atoms with E-state index < -0.39 is 10.8 Å². The first kappa shape index (κ1) is 22.3. The molecule has 0 atom stereocenters. The summed E-state index contributed by atoms with van der Waals surface area (Å²) in [4.78, 5) is 42.8. The van der Waals surface area contributed by atoms with E-state index in [0.29, 0.717) is 10.8 Å². The van der Waals surface area contributed by atoms with Crippen LogP contribution in [0.25, 0.3) is 11.0 Å². The molecule has 0 saturated carbocycles. The van der Waals surface area contributed by atoms with Crippen LogP contribution >= 0.6 is 23.4 Å². The van der Waals surface area contributed by atoms with Crippen LogP contribution in [0.5, 0.6) is 0 Å². The Balaban J connectivity index is 1.37. The number of anilines is 2. The van der Waals surface area contributed by atoms with Gasteiger partial charge in [-0.3, -0.25) is 19.7 Å². The Hall–Kier alpha value is -3.89. The normalized spacial score (nSPS) is 10.7. The number of carbonyl (C=O) groups excluding carboxylic acids is 2. The second-order valence-electron chi connectivity index (χ2n) is 6.85. The standard InChI is InChI=1S/C22H16ClN5O4S/c23-16-11-15(28(31)32)8-9-17(16)25-21(30)13-4-3-5-14(10-13)24-20(29)12-33-22-26-18-6-1-2-7-19(18)27-22/h1-11H,12H2,(H,24,29)(H,25,30)(H,26,27). The lowest BCUT2D eigenvalue weighted by molar-refractivity contribution is -0.384. The lowest BCUT2D eigenvalue weighted by atomic mass is 10.1. The minimum Gasteiger partial charge on any atom is -0.333 e. The van der Waals surface area contributed by atoms with E-state index in [1.165, 1.54) is 30.0 Å². The molecule has 0 fully saturated rings. The Morgan fingerprint density at radius 2 is 1.88 bits per heavy atom. The molecule has 9 nitrogen and oxygen atoms in total. The van der Waals surface area contributed by atoms with Crippen molar-refractivity contribution in [1.82, 2.24) is 9.97 Å². The zero-order valence-electron chi connectivity index (χ0n) is 16.9. The number of fused-ring (bicyclic) bond motifs is 1. The van der Waals surface area contributed by atoms with Gasteiger partial charge in [0.25, 0.3) is 11.6 Å². The number of benzene rings is 3. The number of H-pyrrole nitrogens is 1. The molecule has 0 aliphatic heterocycles. The first-order valence-corrected chi connectivity index (χ1v) is 11.0. The van der Waals surface area contributed by atoms with Gasteiger partial charge in [0.05, 0.1) is 32.4 Å². The van der Waals surface area contributed by atoms with E-state index >= 15 is 0 Å². The van der Waals surface area contributed by atoms with Crippen molar-refractivity contribution >= 4 is 63.3 Å². The highest BCUT2D eigenvalue weighted by atomic mass is 35.5. The van der Waals surface area contributed by atoms with Gasteiger partial charge < -0.3 is 15.6 Å². The molecule has 1 heterocycles. The van der Waals surface area contributed by atoms with Crippen molar-refractivity contribution in [2.75, 3.05) is 16.4 Å². The number of nitrogens with one attached hydrogen (secondary N) is 3. The van der Waals surface area contributed by atoms with Crippen LogP contribution in [-0.4, -0.2) is 32.5 Å². The average molecular weight is 482 g/mol. The number of para-hydroxylation sites is 2. The second kappa shape index (κ2) is 9.72. The predicted octanol–water partition coefficient (Wildman–Crippen LogP) is 5.11. The van der Waals surface area contributed by atoms with Crippen molar-refractivity contribution in [1.29, 1.82) is 0 Å². The predicted molar refractivity (Wildman–Crippen MR) is 128 cm³/mol. The number of carbonyl (C=O) groups is 2. The number of aromatic amines is 1. The van der Waals surface area contributed by atoms with Crippen LogP contribution in [0.15, 0.2) is 71.9 Å². The van der Waals surface area contributed by atoms with E-state index in [1.807, 2.05) is 24.3 Å². The van der Waals surface area contributed by atoms with Gasteiger partial charge in [0.1, 0.15) is 0 Å². The number of nitrogens with zero attached hydrogens (tertiary/aromatic N) is 2. The third-order valence-corrected chi connectivity index (χ3v) is 5.71. The van der Waals surface area contributed by atoms with E-state index in [0.717, 1.165) is 17.1 Å². The highest BCUT2D eigenvalue weighted by Gasteiger charge is 2.14. The Labute approximate surface area is 196 Å². The Morgan fingerprint density at radius 1 is 1.06 bits per heavy atom. The fraction of sp³-hybridized carbons (Fsp3) is 0.0455. The number of halogens is 1. The van der Waals surface area contributed by atoms with Gasteiger partial charge >= 0.3 is 0 Å². The van der Waals surface area contributed by atoms with E-state index in [-0.39, 0.29) is 33.6 Å². The summed E-state index contributed by atoms with van der Waals surface area (Å²) >= 11 is 7.30. The third-order valence-electron chi connectivity index (χ3n) is 4.53. The molecule has 0 radical (unpaired) electrons. The number of imidazole rings is 1. The largest absolute Gasteiger partial charge is 0.333 e. The topological polar surface area (TPSA) is 130 Å². The van der Waals surface area contributed by atoms with Crippen LogP contribution in [0.1, 0.15) is 10.4 Å². The summed E-state index contributed by atoms with van der Waals surface area (Å²) in [6.07, 6.45) is 0. The fourth-order valence-corrected chi connectivity index (χ4v) is 3.89. The maximum Gasteiger partial charge on any atom is 0.271 e. The van der Waals surface area contributed by atoms with E-state index in [4.69, 9.17) is 11.6 Å². The SMILES string of the molecule is O=C(CSc1nc2ccccc2[nH]1)Nc1cccc(C(=O)Nc2ccc([N+](=O)[O-])cc2Cl)c1. The van der Waals surface area contributed by atoms with Crippen molar-refractivity contribution in [3.8, 4) is 0 Å². The van der Waals surface area contributed by atoms with Crippen molar-refractivity contribution < 1.29 is 14.5 Å². The van der Waals surface area contributed by atoms with Crippen molar-refractivity contribution in [2.45, 2.75) is 5.16 Å². The summed E-state index contributed by atoms with van der Waals surface area (Å²) < 4.78 is 0. The van der Waals surface area contributed by atoms with Crippen molar-refractivity contribution in [2.24, 2.45) is 0 Å². The number of nitro groups is 1. The lowest BCUT2D eigenvalue weighted by Gasteiger charge is -2.09. The van der Waals surface area contributed by atoms with Crippen LogP contribution in [0.3, 0.4) is 0 Å². The molecule has 0 saturated heterocycles. The second-order valence-corrected chi connectivity index (χ2v) is 8.22. The molecule has 0 spiro atoms. The maximum absolute atomic E-state index is 12.6. The highest BCUT2D eigenvalue weighted by molar-refractivity contribution is 7.99. The number of amides is 2. The highest BCUT2D eigenvalue weighted by Crippen LogP contribution is 2.27. The first-order valence-electron chi connectivity index (χ1n) is 9.62. The number of thioether (sulfide) groups is 1. The number of non-ortho nitro benzene ring substituents is 1. The summed E-state index contributed by atoms with van der Waals surface area (Å²) in [6, 6.07) is 17.8. The number of aromatic nitrogens is 2. The lowest BCUT2D eigenvalue weighted by Crippen LogP contribution is -2.16. The van der Waals surface area contributed by atoms with Crippen LogP contribution in [0.4, 0.5) is 17.1 Å². The summed E-state index contributed by atoms with van der Waals surface area (Å²) in [5.74, 6) is -0.593. The third kappa shape index (κ3) is 5.48. The first-order chi connectivity index (χ1) is 15.9. The van der Waals surface area contributed by atoms with Gasteiger partial charge in [0, 0.05) is 23.4 Å². The summed E-state index contributed by atoms with van der Waals surface area (Å²) in [5.41, 5.74) is 2.52. The molecule has 33 heavy (non-hydrogen) atoms. The summed E-state index contributed by atoms with van der Waals surface area (Å²) in [7, 11) is 0. The smallest absolute Gasteiger partial charge is 0.271 e. The van der Waals surface area contributed by atoms with Gasteiger partial charge in [-0.25, -0.2) is 4.98 Å². The van der Waals surface area contributed by atoms with Gasteiger partial charge in [0.15, 0.2) is 5.16 Å². The molecule has 4 rings (SSSR count). The minimum absolute atomic E-state index is 0.0459. The zero-order chi connectivity index (χ0) is 23.4. The zero-order valence-corrected chi connectivity index (χ0v) is 18.4. The minimum atomic E-state index is -0.573. The molecule has 1 aromatic heterocycles. The molecule has 3 N–H and O–H groups in total. The van der Waals surface area contributed by atoms with Crippen molar-refractivity contribution in [3.05, 3.63) is 87.4 Å². The van der Waals surface area contributed by atoms with Gasteiger partial charge in [-0.05, 0) is 36.4 Å². The Kier molecular flexibility index (Phi) is 6.57. The molecule has 11 heteroatoms. The molecule has 4 aromatic rings. The van der Waals surface area contributed by atoms with E-state index in [1.54, 1.807) is 18.2 Å². The van der Waals surface area contributed by atoms with Gasteiger partial charge in [-0.2, -0.15) is 0 Å². The summed E-state index contributed by atoms with van der Waals surface area (Å²) in [5, 5.41) is 16.9. The van der Waals surface area contributed by atoms with Crippen LogP contribution in [-0.2, 0) is 4.79 Å². The van der Waals surface area contributed by atoms with Crippen LogP contribution in [0.2, 0.25) is 5.02 Å². The Bertz CT molecular complexity index is 1340. The van der Waals surface area contributed by atoms with Gasteiger partial charge in [0.2, 0.25) is 5.91 Å². The monoisotopic (exact) mass is 481 g/mol. The van der Waals surface area contributed by atoms with Gasteiger partial charge in [-0.15, -0.1) is 0 Å². The molecule has 2 amide bonds. The molecule has 0 bridgehead atoms. The molecule has 3 aromatic carbocycles. The van der Waals surface area contributed by atoms with E-state index in [9.17, 15) is 19.7 Å². The maximum atomic E-state index is 12.6. The van der Waals surface area contributed by atoms with Gasteiger partial charge in [-0.1, -0.05) is 41.6 Å². The van der Waals surface area contributed by atoms with Crippen LogP contribution in [0, 0.1) is 10.1 Å². The number of rotatable bonds is 7. The van der Waals surface area contributed by atoms with E-state index in [2.05, 4.69) is 20.6 Å². The van der Waals surface area contributed by atoms with Crippen molar-refractivity contribution in [3.63, 3.8) is 0 Å². The number of hydrogen-bond donors (Lipinski definition) is 3. The number of nitro benzene ring substituents is 1. The average Bonchev–Trinajstić information content (AvgIpc) is 3.22. The summed E-state index contributed by atoms with van der Waals surface area (Å²) in [6.45, 7) is 0. The number of hydrogen-bond acceptors (Lipinski definition) is 6. The molecule has 166 valence electrons.